The number of amides is 1. The average Bonchev–Trinajstić information content (AvgIpc) is 3.42. The number of aliphatic hydroxyl groups excluding tert-OH is 11. The van der Waals surface area contributed by atoms with E-state index >= 15 is 0 Å². The maximum absolute atomic E-state index is 13.0. The molecule has 0 aliphatic carbocycles. The van der Waals surface area contributed by atoms with Crippen molar-refractivity contribution in [1.82, 2.24) is 5.32 Å². The fourth-order valence-electron chi connectivity index (χ4n) is 9.81. The van der Waals surface area contributed by atoms with Crippen molar-refractivity contribution in [2.75, 3.05) is 26.4 Å². The summed E-state index contributed by atoms with van der Waals surface area (Å²) in [6.45, 7) is 1.54. The van der Waals surface area contributed by atoms with Gasteiger partial charge in [-0.1, -0.05) is 172 Å². The summed E-state index contributed by atoms with van der Waals surface area (Å²) >= 11 is 0. The van der Waals surface area contributed by atoms with Crippen molar-refractivity contribution in [3.8, 4) is 0 Å². The lowest BCUT2D eigenvalue weighted by Crippen LogP contribution is -2.66. The molecule has 3 fully saturated rings. The van der Waals surface area contributed by atoms with Gasteiger partial charge in [0.15, 0.2) is 18.9 Å². The van der Waals surface area contributed by atoms with Crippen molar-refractivity contribution in [2.45, 2.75) is 291 Å². The molecule has 3 aliphatic heterocycles. The van der Waals surface area contributed by atoms with Crippen LogP contribution in [0.25, 0.3) is 0 Å². The van der Waals surface area contributed by atoms with Crippen molar-refractivity contribution >= 4 is 5.91 Å². The highest BCUT2D eigenvalue weighted by Crippen LogP contribution is 2.33. The van der Waals surface area contributed by atoms with Crippen LogP contribution < -0.4 is 5.32 Å². The Morgan fingerprint density at radius 2 is 0.842 bits per heavy atom. The Morgan fingerprint density at radius 1 is 0.461 bits per heavy atom. The summed E-state index contributed by atoms with van der Waals surface area (Å²) in [5.74, 6) is -0.309. The second-order valence-electron chi connectivity index (χ2n) is 21.1. The van der Waals surface area contributed by atoms with E-state index in [2.05, 4.69) is 43.5 Å². The van der Waals surface area contributed by atoms with Crippen molar-refractivity contribution in [3.05, 3.63) is 36.5 Å². The van der Waals surface area contributed by atoms with Crippen LogP contribution in [0.1, 0.15) is 187 Å². The molecule has 19 nitrogen and oxygen atoms in total. The summed E-state index contributed by atoms with van der Waals surface area (Å²) in [7, 11) is 0. The Bertz CT molecular complexity index is 1540. The van der Waals surface area contributed by atoms with Crippen molar-refractivity contribution in [3.63, 3.8) is 0 Å². The summed E-state index contributed by atoms with van der Waals surface area (Å²) in [6.07, 6.45) is 16.8. The monoisotopic (exact) mass is 1090 g/mol. The van der Waals surface area contributed by atoms with Crippen LogP contribution in [0.3, 0.4) is 0 Å². The zero-order valence-corrected chi connectivity index (χ0v) is 46.0. The summed E-state index contributed by atoms with van der Waals surface area (Å²) in [5, 5.41) is 119. The van der Waals surface area contributed by atoms with Crippen molar-refractivity contribution in [2.24, 2.45) is 0 Å². The zero-order valence-electron chi connectivity index (χ0n) is 46.0. The highest BCUT2D eigenvalue weighted by molar-refractivity contribution is 5.76. The molecular weight excluding hydrogens is 987 g/mol. The molecule has 0 aromatic rings. The Morgan fingerprint density at radius 3 is 1.32 bits per heavy atom. The third-order valence-corrected chi connectivity index (χ3v) is 14.7. The molecule has 444 valence electrons. The van der Waals surface area contributed by atoms with E-state index in [1.807, 2.05) is 6.08 Å². The largest absolute Gasteiger partial charge is 0.394 e. The van der Waals surface area contributed by atoms with Gasteiger partial charge >= 0.3 is 0 Å². The van der Waals surface area contributed by atoms with Gasteiger partial charge in [-0.3, -0.25) is 4.79 Å². The molecule has 19 heteroatoms. The van der Waals surface area contributed by atoms with E-state index < -0.39 is 124 Å². The molecule has 76 heavy (non-hydrogen) atoms. The predicted molar refractivity (Wildman–Crippen MR) is 286 cm³/mol. The lowest BCUT2D eigenvalue weighted by atomic mass is 9.96. The average molecular weight is 1090 g/mol. The smallest absolute Gasteiger partial charge is 0.220 e. The standard InChI is InChI=1S/C57H103NO18/c1-3-5-7-9-10-11-12-13-14-15-16-17-18-19-20-21-22-23-24-25-26-27-28-29-30-31-32-34-41(62)40(58-45(63)35-33-8-6-4-2)39-71-55-51(69)48(66)53(43(37-60)73-55)76-57-52(70)49(67)54(44(38-61)74-57)75-56-50(68)47(65)46(64)42(36-59)72-56/h24-25,28-29,32,34,40-44,46-57,59-62,64-70H,3-23,26-27,30-31,33,35-39H2,1-2H3,(H,58,63)/b25-24+,29-28+,34-32+. The van der Waals surface area contributed by atoms with Crippen LogP contribution >= 0.6 is 0 Å². The molecule has 3 heterocycles. The molecule has 0 aromatic heterocycles. The summed E-state index contributed by atoms with van der Waals surface area (Å²) < 4.78 is 34.0. The number of carbonyl (C=O) groups is 1. The quantitative estimate of drug-likeness (QED) is 0.0295. The molecule has 0 saturated carbocycles. The number of nitrogens with one attached hydrogen (secondary N) is 1. The normalized spacial score (nSPS) is 31.2. The Kier molecular flexibility index (Phi) is 36.9. The van der Waals surface area contributed by atoms with E-state index in [1.54, 1.807) is 6.08 Å². The molecular formula is C57H103NO18. The van der Waals surface area contributed by atoms with Gasteiger partial charge in [-0.15, -0.1) is 0 Å². The summed E-state index contributed by atoms with van der Waals surface area (Å²) in [6, 6.07) is -0.989. The van der Waals surface area contributed by atoms with Crippen LogP contribution in [0.5, 0.6) is 0 Å². The lowest BCUT2D eigenvalue weighted by molar-refractivity contribution is -0.379. The first-order chi connectivity index (χ1) is 36.8. The van der Waals surface area contributed by atoms with Crippen LogP contribution in [-0.4, -0.2) is 193 Å². The Labute approximate surface area is 453 Å². The van der Waals surface area contributed by atoms with E-state index in [0.717, 1.165) is 44.9 Å². The van der Waals surface area contributed by atoms with Crippen LogP contribution in [0, 0.1) is 0 Å². The van der Waals surface area contributed by atoms with Gasteiger partial charge in [-0.25, -0.2) is 0 Å². The highest BCUT2D eigenvalue weighted by atomic mass is 16.8. The predicted octanol–water partition coefficient (Wildman–Crippen LogP) is 4.54. The minimum atomic E-state index is -1.98. The Balaban J connectivity index is 1.40. The minimum absolute atomic E-state index is 0.223. The van der Waals surface area contributed by atoms with Crippen LogP contribution in [-0.2, 0) is 33.2 Å². The molecule has 0 bridgehead atoms. The van der Waals surface area contributed by atoms with E-state index in [-0.39, 0.29) is 18.9 Å². The Hall–Kier alpha value is -1.99. The van der Waals surface area contributed by atoms with E-state index in [4.69, 9.17) is 28.4 Å². The molecule has 3 saturated heterocycles. The molecule has 17 unspecified atom stereocenters. The van der Waals surface area contributed by atoms with E-state index in [1.165, 1.54) is 109 Å². The molecule has 0 spiro atoms. The van der Waals surface area contributed by atoms with Crippen LogP contribution in [0.15, 0.2) is 36.5 Å². The SMILES string of the molecule is CCCCCCCCCCCCCCCCCCC/C=C/CC/C=C/CC/C=C/C(O)C(COC1OC(CO)C(OC2OC(CO)C(OC3OC(CO)C(O)C(O)C3O)C(O)C2O)C(O)C1O)NC(=O)CCCCCC. The number of unbranched alkanes of at least 4 members (excludes halogenated alkanes) is 22. The summed E-state index contributed by atoms with van der Waals surface area (Å²) in [4.78, 5) is 13.0. The second-order valence-corrected chi connectivity index (χ2v) is 21.1. The van der Waals surface area contributed by atoms with Gasteiger partial charge in [0.25, 0.3) is 0 Å². The number of carbonyl (C=O) groups excluding carboxylic acids is 1. The fourth-order valence-corrected chi connectivity index (χ4v) is 9.81. The molecule has 3 aliphatic rings. The molecule has 0 radical (unpaired) electrons. The van der Waals surface area contributed by atoms with Crippen molar-refractivity contribution in [1.29, 1.82) is 0 Å². The number of hydrogen-bond donors (Lipinski definition) is 12. The first kappa shape index (κ1) is 68.3. The molecule has 1 amide bonds. The third-order valence-electron chi connectivity index (χ3n) is 14.7. The second kappa shape index (κ2) is 41.1. The van der Waals surface area contributed by atoms with E-state index in [0.29, 0.717) is 12.8 Å². The van der Waals surface area contributed by atoms with E-state index in [9.17, 15) is 61.0 Å². The van der Waals surface area contributed by atoms with Gasteiger partial charge in [0.1, 0.15) is 73.2 Å². The van der Waals surface area contributed by atoms with Gasteiger partial charge in [0.05, 0.1) is 38.6 Å². The molecule has 3 rings (SSSR count). The van der Waals surface area contributed by atoms with Crippen LogP contribution in [0.2, 0.25) is 0 Å². The topological polar surface area (TPSA) is 307 Å². The zero-order chi connectivity index (χ0) is 55.5. The number of hydrogen-bond acceptors (Lipinski definition) is 18. The lowest BCUT2D eigenvalue weighted by Gasteiger charge is -2.48. The minimum Gasteiger partial charge on any atom is -0.394 e. The molecule has 17 atom stereocenters. The van der Waals surface area contributed by atoms with Gasteiger partial charge in [-0.05, 0) is 44.9 Å². The molecule has 12 N–H and O–H groups in total. The van der Waals surface area contributed by atoms with Crippen LogP contribution in [0.4, 0.5) is 0 Å². The van der Waals surface area contributed by atoms with Gasteiger partial charge in [-0.2, -0.15) is 0 Å². The fraction of sp³-hybridized carbons (Fsp3) is 0.877. The number of rotatable bonds is 42. The summed E-state index contributed by atoms with van der Waals surface area (Å²) in [5.41, 5.74) is 0. The van der Waals surface area contributed by atoms with Gasteiger partial charge in [0, 0.05) is 6.42 Å². The third kappa shape index (κ3) is 25.2. The maximum atomic E-state index is 13.0. The van der Waals surface area contributed by atoms with Gasteiger partial charge < -0.3 is 89.9 Å². The number of allylic oxidation sites excluding steroid dienone is 5. The number of aliphatic hydroxyl groups is 11. The molecule has 0 aromatic carbocycles. The highest BCUT2D eigenvalue weighted by Gasteiger charge is 2.53. The first-order valence-corrected chi connectivity index (χ1v) is 29.2. The van der Waals surface area contributed by atoms with Crippen molar-refractivity contribution < 1.29 is 89.4 Å². The first-order valence-electron chi connectivity index (χ1n) is 29.2. The maximum Gasteiger partial charge on any atom is 0.220 e. The number of ether oxygens (including phenoxy) is 6. The van der Waals surface area contributed by atoms with Gasteiger partial charge in [0.2, 0.25) is 5.91 Å².